The van der Waals surface area contributed by atoms with Crippen LogP contribution in [-0.2, 0) is 24.2 Å². The van der Waals surface area contributed by atoms with E-state index in [1.165, 1.54) is 17.3 Å². The van der Waals surface area contributed by atoms with Crippen LogP contribution in [0.4, 0.5) is 5.82 Å². The van der Waals surface area contributed by atoms with Crippen molar-refractivity contribution in [3.8, 4) is 17.6 Å². The quantitative estimate of drug-likeness (QED) is 0.174. The summed E-state index contributed by atoms with van der Waals surface area (Å²) in [5.41, 5.74) is 3.51. The van der Waals surface area contributed by atoms with Crippen LogP contribution in [0.15, 0.2) is 58.2 Å². The third-order valence-electron chi connectivity index (χ3n) is 8.80. The number of benzene rings is 2. The lowest BCUT2D eigenvalue weighted by molar-refractivity contribution is -0.122. The Morgan fingerprint density at radius 3 is 2.39 bits per heavy atom. The van der Waals surface area contributed by atoms with E-state index in [2.05, 4.69) is 35.2 Å². The van der Waals surface area contributed by atoms with E-state index in [1.807, 2.05) is 44.2 Å². The molecule has 0 N–H and O–H groups in total. The molecule has 0 bridgehead atoms. The molecule has 2 fully saturated rings. The fourth-order valence-electron chi connectivity index (χ4n) is 6.31. The van der Waals surface area contributed by atoms with Gasteiger partial charge in [-0.25, -0.2) is 0 Å². The molecule has 8 nitrogen and oxygen atoms in total. The molecule has 240 valence electrons. The van der Waals surface area contributed by atoms with E-state index in [0.29, 0.717) is 51.7 Å². The Morgan fingerprint density at radius 2 is 1.74 bits per heavy atom. The summed E-state index contributed by atoms with van der Waals surface area (Å²) in [6.07, 6.45) is 6.19. The zero-order valence-corrected chi connectivity index (χ0v) is 28.5. The number of hydrogen-bond acceptors (Lipinski definition) is 8. The molecule has 0 atom stereocenters. The zero-order valence-electron chi connectivity index (χ0n) is 26.9. The molecule has 3 heterocycles. The van der Waals surface area contributed by atoms with Crippen molar-refractivity contribution in [2.75, 3.05) is 38.8 Å². The summed E-state index contributed by atoms with van der Waals surface area (Å²) in [6, 6.07) is 18.4. The monoisotopic (exact) mass is 656 g/mol. The number of thiocarbonyl (C=S) groups is 1. The summed E-state index contributed by atoms with van der Waals surface area (Å²) < 4.78 is 13.0. The highest BCUT2D eigenvalue weighted by atomic mass is 32.2. The van der Waals surface area contributed by atoms with Gasteiger partial charge in [0.05, 0.1) is 19.1 Å². The van der Waals surface area contributed by atoms with Crippen LogP contribution in [0.25, 0.3) is 6.08 Å². The topological polar surface area (TPSA) is 87.8 Å². The van der Waals surface area contributed by atoms with Gasteiger partial charge in [-0.15, -0.1) is 0 Å². The van der Waals surface area contributed by atoms with Crippen molar-refractivity contribution in [1.82, 2.24) is 9.47 Å². The second kappa shape index (κ2) is 15.0. The van der Waals surface area contributed by atoms with Gasteiger partial charge in [-0.3, -0.25) is 19.1 Å². The highest BCUT2D eigenvalue weighted by Crippen LogP contribution is 2.37. The number of rotatable bonds is 11. The lowest BCUT2D eigenvalue weighted by atomic mass is 9.90. The van der Waals surface area contributed by atoms with Crippen LogP contribution in [0.2, 0.25) is 0 Å². The van der Waals surface area contributed by atoms with E-state index in [4.69, 9.17) is 21.7 Å². The smallest absolute Gasteiger partial charge is 0.270 e. The number of aromatic nitrogens is 1. The fourth-order valence-corrected chi connectivity index (χ4v) is 7.60. The van der Waals surface area contributed by atoms with Crippen LogP contribution < -0.4 is 19.9 Å². The first-order valence-electron chi connectivity index (χ1n) is 15.7. The molecule has 5 rings (SSSR count). The molecule has 0 aliphatic carbocycles. The van der Waals surface area contributed by atoms with Crippen molar-refractivity contribution >= 4 is 46.1 Å². The lowest BCUT2D eigenvalue weighted by Crippen LogP contribution is -2.40. The number of piperidine rings is 1. The second-order valence-corrected chi connectivity index (χ2v) is 13.4. The minimum atomic E-state index is -0.275. The van der Waals surface area contributed by atoms with Crippen molar-refractivity contribution in [3.05, 3.63) is 91.6 Å². The van der Waals surface area contributed by atoms with Crippen LogP contribution >= 0.6 is 24.0 Å². The number of amides is 1. The molecule has 1 amide bonds. The molecule has 0 saturated carbocycles. The summed E-state index contributed by atoms with van der Waals surface area (Å²) in [7, 11) is 3.19. The van der Waals surface area contributed by atoms with E-state index in [-0.39, 0.29) is 17.0 Å². The van der Waals surface area contributed by atoms with E-state index in [0.717, 1.165) is 55.7 Å². The summed E-state index contributed by atoms with van der Waals surface area (Å²) in [5, 5.41) is 10.0. The predicted octanol–water partition coefficient (Wildman–Crippen LogP) is 6.36. The Hall–Kier alpha value is -4.07. The lowest BCUT2D eigenvalue weighted by Gasteiger charge is -2.36. The molecule has 46 heavy (non-hydrogen) atoms. The molecule has 2 aliphatic heterocycles. The number of ether oxygens (including phenoxy) is 2. The van der Waals surface area contributed by atoms with Crippen molar-refractivity contribution in [1.29, 1.82) is 5.26 Å². The number of carbonyl (C=O) groups is 1. The third kappa shape index (κ3) is 7.01. The number of anilines is 1. The van der Waals surface area contributed by atoms with Gasteiger partial charge in [0.2, 0.25) is 0 Å². The average molecular weight is 657 g/mol. The Kier molecular flexibility index (Phi) is 10.9. The molecule has 0 spiro atoms. The zero-order chi connectivity index (χ0) is 32.8. The summed E-state index contributed by atoms with van der Waals surface area (Å²) in [6.45, 7) is 6.32. The van der Waals surface area contributed by atoms with Gasteiger partial charge in [-0.2, -0.15) is 5.26 Å². The molecule has 2 aliphatic rings. The van der Waals surface area contributed by atoms with Gasteiger partial charge in [0.15, 0.2) is 11.5 Å². The van der Waals surface area contributed by atoms with Crippen molar-refractivity contribution in [2.24, 2.45) is 5.92 Å². The SMILES string of the molecule is CCCn1c(N2CCC(Cc3ccccc3)CC2)c(/C=C2\SC(=S)N(CCc3ccc(OC)c(OC)c3)C2=O)c(C)c(C#N)c1=O. The molecule has 10 heteroatoms. The van der Waals surface area contributed by atoms with Crippen molar-refractivity contribution in [2.45, 2.75) is 52.5 Å². The van der Waals surface area contributed by atoms with Gasteiger partial charge in [0.25, 0.3) is 11.5 Å². The van der Waals surface area contributed by atoms with E-state index < -0.39 is 0 Å². The van der Waals surface area contributed by atoms with Crippen molar-refractivity contribution < 1.29 is 14.3 Å². The maximum atomic E-state index is 13.8. The second-order valence-electron chi connectivity index (χ2n) is 11.7. The van der Waals surface area contributed by atoms with Gasteiger partial charge < -0.3 is 14.4 Å². The minimum Gasteiger partial charge on any atom is -0.493 e. The minimum absolute atomic E-state index is 0.117. The summed E-state index contributed by atoms with van der Waals surface area (Å²) in [5.74, 6) is 2.45. The molecular weight excluding hydrogens is 617 g/mol. The maximum absolute atomic E-state index is 13.8. The molecule has 1 aromatic heterocycles. The molecule has 2 aromatic carbocycles. The van der Waals surface area contributed by atoms with Gasteiger partial charge >= 0.3 is 0 Å². The summed E-state index contributed by atoms with van der Waals surface area (Å²) in [4.78, 5) is 31.8. The van der Waals surface area contributed by atoms with Gasteiger partial charge in [0.1, 0.15) is 21.8 Å². The number of methoxy groups -OCH3 is 2. The van der Waals surface area contributed by atoms with Gasteiger partial charge in [-0.05, 0) is 79.8 Å². The molecule has 2 saturated heterocycles. The average Bonchev–Trinajstić information content (AvgIpc) is 3.34. The number of pyridine rings is 1. The summed E-state index contributed by atoms with van der Waals surface area (Å²) >= 11 is 6.94. The molecule has 3 aromatic rings. The Balaban J connectivity index is 1.44. The van der Waals surface area contributed by atoms with E-state index in [9.17, 15) is 14.9 Å². The maximum Gasteiger partial charge on any atom is 0.270 e. The first kappa shape index (κ1) is 33.3. The normalized spacial score (nSPS) is 16.3. The number of carbonyl (C=O) groups excluding carboxylic acids is 1. The Morgan fingerprint density at radius 1 is 1.02 bits per heavy atom. The van der Waals surface area contributed by atoms with Gasteiger partial charge in [0, 0.05) is 31.7 Å². The van der Waals surface area contributed by atoms with Crippen LogP contribution in [-0.4, -0.2) is 53.5 Å². The van der Waals surface area contributed by atoms with Crippen LogP contribution in [0, 0.1) is 24.2 Å². The number of thioether (sulfide) groups is 1. The van der Waals surface area contributed by atoms with E-state index in [1.54, 1.807) is 23.7 Å². The Labute approximate surface area is 280 Å². The van der Waals surface area contributed by atoms with Crippen molar-refractivity contribution in [3.63, 3.8) is 0 Å². The molecule has 0 unspecified atom stereocenters. The Bertz CT molecular complexity index is 1740. The number of nitriles is 1. The largest absolute Gasteiger partial charge is 0.493 e. The highest BCUT2D eigenvalue weighted by molar-refractivity contribution is 8.26. The fraction of sp³-hybridized carbons (Fsp3) is 0.389. The highest BCUT2D eigenvalue weighted by Gasteiger charge is 2.33. The van der Waals surface area contributed by atoms with Crippen LogP contribution in [0.3, 0.4) is 0 Å². The number of hydrogen-bond donors (Lipinski definition) is 0. The third-order valence-corrected chi connectivity index (χ3v) is 10.2. The first-order valence-corrected chi connectivity index (χ1v) is 16.9. The first-order chi connectivity index (χ1) is 22.3. The van der Waals surface area contributed by atoms with Crippen LogP contribution in [0.5, 0.6) is 11.5 Å². The van der Waals surface area contributed by atoms with Crippen LogP contribution in [0.1, 0.15) is 54.0 Å². The van der Waals surface area contributed by atoms with Gasteiger partial charge in [-0.1, -0.05) is 67.3 Å². The number of nitrogens with zero attached hydrogens (tertiary/aromatic N) is 4. The van der Waals surface area contributed by atoms with E-state index >= 15 is 0 Å². The standard InChI is InChI=1S/C36H40N4O4S2/c1-5-16-39-33(38-17-13-27(14-18-38)20-25-9-7-6-8-10-25)28(24(2)29(23-37)34(39)41)22-32-35(42)40(36(45)46-32)19-15-26-11-12-30(43-3)31(21-26)44-4/h6-12,21-22,27H,5,13-20H2,1-4H3/b32-22-. The predicted molar refractivity (Wildman–Crippen MR) is 189 cm³/mol. The molecule has 0 radical (unpaired) electrons. The molecular formula is C36H40N4O4S2.